The van der Waals surface area contributed by atoms with Gasteiger partial charge in [-0.05, 0) is 133 Å². The molecule has 0 spiro atoms. The minimum Gasteiger partial charge on any atom is -0.455 e. The number of anilines is 3. The van der Waals surface area contributed by atoms with Gasteiger partial charge in [-0.15, -0.1) is 0 Å². The molecular formula is C67H45NO. The Morgan fingerprint density at radius 1 is 0.275 bits per heavy atom. The normalized spacial score (nSPS) is 12.5. The molecule has 0 atom stereocenters. The van der Waals surface area contributed by atoms with Crippen LogP contribution in [0.3, 0.4) is 0 Å². The highest BCUT2D eigenvalue weighted by Crippen LogP contribution is 2.57. The molecule has 0 unspecified atom stereocenters. The highest BCUT2D eigenvalue weighted by atomic mass is 16.3. The molecule has 0 N–H and O–H groups in total. The third-order valence-corrected chi connectivity index (χ3v) is 14.2. The van der Waals surface area contributed by atoms with Crippen LogP contribution in [-0.4, -0.2) is 0 Å². The second-order valence-corrected chi connectivity index (χ2v) is 18.0. The summed E-state index contributed by atoms with van der Waals surface area (Å²) in [6.45, 7) is 0. The molecule has 0 saturated carbocycles. The minimum absolute atomic E-state index is 0.513. The molecule has 1 aliphatic rings. The summed E-state index contributed by atoms with van der Waals surface area (Å²) in [6, 6.07) is 99.1. The Bertz CT molecular complexity index is 3660. The standard InChI is InChI=1S/C67H45NO/c1-5-17-46(18-6-1)48-29-36-55(37-30-48)68(56-38-31-49(32-39-56)47-19-7-2-8-20-47)57-40-33-50(34-41-57)52-43-61(66-62(44-52)60-26-14-16-28-65(60)69-66)51-35-42-59-58-25-13-15-27-63(58)67(64(59)45-51,53-21-9-3-10-22-53)54-23-11-4-12-24-54/h1-45H. The summed E-state index contributed by atoms with van der Waals surface area (Å²) < 4.78 is 6.85. The fraction of sp³-hybridized carbons (Fsp3) is 0.0149. The summed E-state index contributed by atoms with van der Waals surface area (Å²) in [7, 11) is 0. The first-order valence-electron chi connectivity index (χ1n) is 23.7. The maximum atomic E-state index is 6.85. The van der Waals surface area contributed by atoms with Crippen LogP contribution in [0.4, 0.5) is 17.1 Å². The van der Waals surface area contributed by atoms with Crippen LogP contribution in [0.15, 0.2) is 277 Å². The van der Waals surface area contributed by atoms with Gasteiger partial charge in [-0.1, -0.05) is 212 Å². The lowest BCUT2D eigenvalue weighted by Crippen LogP contribution is -2.28. The average Bonchev–Trinajstić information content (AvgIpc) is 3.96. The topological polar surface area (TPSA) is 16.4 Å². The molecule has 11 aromatic carbocycles. The van der Waals surface area contributed by atoms with Crippen molar-refractivity contribution in [1.82, 2.24) is 0 Å². The zero-order valence-corrected chi connectivity index (χ0v) is 37.8. The molecular weight excluding hydrogens is 835 g/mol. The van der Waals surface area contributed by atoms with Crippen LogP contribution in [0.1, 0.15) is 22.3 Å². The van der Waals surface area contributed by atoms with E-state index in [1.54, 1.807) is 0 Å². The van der Waals surface area contributed by atoms with Crippen molar-refractivity contribution in [1.29, 1.82) is 0 Å². The Labute approximate surface area is 402 Å². The maximum Gasteiger partial charge on any atom is 0.143 e. The van der Waals surface area contributed by atoms with E-state index in [1.807, 2.05) is 0 Å². The van der Waals surface area contributed by atoms with Crippen LogP contribution in [0.5, 0.6) is 0 Å². The molecule has 0 amide bonds. The van der Waals surface area contributed by atoms with Gasteiger partial charge in [0.15, 0.2) is 0 Å². The highest BCUT2D eigenvalue weighted by Gasteiger charge is 2.46. The Hall–Kier alpha value is -8.98. The number of hydrogen-bond donors (Lipinski definition) is 0. The zero-order valence-electron chi connectivity index (χ0n) is 37.8. The van der Waals surface area contributed by atoms with E-state index in [2.05, 4.69) is 278 Å². The lowest BCUT2D eigenvalue weighted by atomic mass is 9.67. The van der Waals surface area contributed by atoms with Crippen molar-refractivity contribution in [2.75, 3.05) is 4.90 Å². The third-order valence-electron chi connectivity index (χ3n) is 14.2. The average molecular weight is 880 g/mol. The van der Waals surface area contributed by atoms with Crippen LogP contribution in [0.25, 0.3) is 77.6 Å². The van der Waals surface area contributed by atoms with Crippen molar-refractivity contribution in [3.05, 3.63) is 295 Å². The molecule has 1 heterocycles. The highest BCUT2D eigenvalue weighted by molar-refractivity contribution is 6.11. The smallest absolute Gasteiger partial charge is 0.143 e. The van der Waals surface area contributed by atoms with Crippen molar-refractivity contribution in [3.8, 4) is 55.6 Å². The predicted molar refractivity (Wildman–Crippen MR) is 287 cm³/mol. The summed E-state index contributed by atoms with van der Waals surface area (Å²) >= 11 is 0. The summed E-state index contributed by atoms with van der Waals surface area (Å²) in [5.41, 5.74) is 21.3. The van der Waals surface area contributed by atoms with E-state index in [0.717, 1.165) is 61.3 Å². The quantitative estimate of drug-likeness (QED) is 0.144. The first-order valence-corrected chi connectivity index (χ1v) is 23.7. The van der Waals surface area contributed by atoms with Crippen LogP contribution in [-0.2, 0) is 5.41 Å². The van der Waals surface area contributed by atoms with Gasteiger partial charge in [-0.3, -0.25) is 0 Å². The molecule has 69 heavy (non-hydrogen) atoms. The second-order valence-electron chi connectivity index (χ2n) is 18.0. The third kappa shape index (κ3) is 6.80. The van der Waals surface area contributed by atoms with Crippen molar-refractivity contribution in [2.24, 2.45) is 0 Å². The summed E-state index contributed by atoms with van der Waals surface area (Å²) in [5, 5.41) is 2.20. The van der Waals surface area contributed by atoms with E-state index in [-0.39, 0.29) is 0 Å². The summed E-state index contributed by atoms with van der Waals surface area (Å²) in [6.07, 6.45) is 0. The van der Waals surface area contributed by atoms with Crippen molar-refractivity contribution in [3.63, 3.8) is 0 Å². The van der Waals surface area contributed by atoms with Gasteiger partial charge < -0.3 is 9.32 Å². The molecule has 0 fully saturated rings. The maximum absolute atomic E-state index is 6.85. The number of para-hydroxylation sites is 1. The van der Waals surface area contributed by atoms with Gasteiger partial charge in [0.2, 0.25) is 0 Å². The molecule has 1 aromatic heterocycles. The van der Waals surface area contributed by atoms with Crippen molar-refractivity contribution < 1.29 is 4.42 Å². The van der Waals surface area contributed by atoms with E-state index in [0.29, 0.717) is 0 Å². The SMILES string of the molecule is c1ccc(-c2ccc(N(c3ccc(-c4ccccc4)cc3)c3ccc(-c4cc(-c5ccc6c(c5)C(c5ccccc5)(c5ccccc5)c5ccccc5-6)c5oc6ccccc6c5c4)cc3)cc2)cc1. The van der Waals surface area contributed by atoms with Crippen LogP contribution < -0.4 is 4.90 Å². The number of furan rings is 1. The first kappa shape index (κ1) is 40.3. The van der Waals surface area contributed by atoms with Gasteiger partial charge in [-0.2, -0.15) is 0 Å². The minimum atomic E-state index is -0.513. The van der Waals surface area contributed by atoms with E-state index >= 15 is 0 Å². The molecule has 0 saturated heterocycles. The summed E-state index contributed by atoms with van der Waals surface area (Å²) in [5.74, 6) is 0. The Morgan fingerprint density at radius 3 is 1.28 bits per heavy atom. The van der Waals surface area contributed by atoms with Gasteiger partial charge in [0.25, 0.3) is 0 Å². The lowest BCUT2D eigenvalue weighted by molar-refractivity contribution is 0.670. The zero-order chi connectivity index (χ0) is 45.7. The molecule has 12 aromatic rings. The van der Waals surface area contributed by atoms with Gasteiger partial charge in [0, 0.05) is 33.4 Å². The molecule has 0 bridgehead atoms. The molecule has 1 aliphatic carbocycles. The molecule has 0 radical (unpaired) electrons. The Morgan fingerprint density at radius 2 is 0.710 bits per heavy atom. The fourth-order valence-electron chi connectivity index (χ4n) is 10.9. The van der Waals surface area contributed by atoms with Gasteiger partial charge in [-0.25, -0.2) is 0 Å². The first-order chi connectivity index (χ1) is 34.2. The van der Waals surface area contributed by atoms with Gasteiger partial charge >= 0.3 is 0 Å². The fourth-order valence-corrected chi connectivity index (χ4v) is 10.9. The molecule has 13 rings (SSSR count). The number of fused-ring (bicyclic) bond motifs is 6. The van der Waals surface area contributed by atoms with Crippen LogP contribution in [0.2, 0.25) is 0 Å². The molecule has 2 heteroatoms. The monoisotopic (exact) mass is 879 g/mol. The lowest BCUT2D eigenvalue weighted by Gasteiger charge is -2.34. The number of hydrogen-bond acceptors (Lipinski definition) is 2. The van der Waals surface area contributed by atoms with E-state index in [9.17, 15) is 0 Å². The second kappa shape index (κ2) is 16.7. The number of rotatable bonds is 9. The predicted octanol–water partition coefficient (Wildman–Crippen LogP) is 18.1. The molecule has 2 nitrogen and oxygen atoms in total. The van der Waals surface area contributed by atoms with Crippen LogP contribution >= 0.6 is 0 Å². The Kier molecular flexibility index (Phi) is 9.77. The number of benzene rings is 11. The largest absolute Gasteiger partial charge is 0.455 e. The van der Waals surface area contributed by atoms with E-state index in [4.69, 9.17) is 4.42 Å². The van der Waals surface area contributed by atoms with Gasteiger partial charge in [0.05, 0.1) is 5.41 Å². The van der Waals surface area contributed by atoms with Crippen molar-refractivity contribution in [2.45, 2.75) is 5.41 Å². The summed E-state index contributed by atoms with van der Waals surface area (Å²) in [4.78, 5) is 2.35. The van der Waals surface area contributed by atoms with Gasteiger partial charge in [0.1, 0.15) is 11.2 Å². The van der Waals surface area contributed by atoms with Crippen LogP contribution in [0, 0.1) is 0 Å². The molecule has 324 valence electrons. The molecule has 0 aliphatic heterocycles. The number of nitrogens with zero attached hydrogens (tertiary/aromatic N) is 1. The van der Waals surface area contributed by atoms with E-state index < -0.39 is 5.41 Å². The van der Waals surface area contributed by atoms with Crippen molar-refractivity contribution >= 4 is 39.0 Å². The Balaban J connectivity index is 0.951. The van der Waals surface area contributed by atoms with E-state index in [1.165, 1.54) is 55.6 Å².